The number of aromatic nitrogens is 2. The molecule has 0 saturated heterocycles. The van der Waals surface area contributed by atoms with Gasteiger partial charge in [-0.25, -0.2) is 0 Å². The second-order valence-electron chi connectivity index (χ2n) is 4.56. The summed E-state index contributed by atoms with van der Waals surface area (Å²) in [5.41, 5.74) is 9.09. The van der Waals surface area contributed by atoms with Gasteiger partial charge in [0.05, 0.1) is 5.69 Å². The van der Waals surface area contributed by atoms with Crippen molar-refractivity contribution in [2.45, 2.75) is 26.2 Å². The maximum atomic E-state index is 6.27. The number of hydrogen-bond acceptors (Lipinski definition) is 2. The SMILES string of the molecule is CCC(C)c1nn(C)c(N)c1-c1ccccc1Cl. The van der Waals surface area contributed by atoms with Crippen LogP contribution in [-0.2, 0) is 7.05 Å². The summed E-state index contributed by atoms with van der Waals surface area (Å²) in [6, 6.07) is 7.75. The Morgan fingerprint density at radius 3 is 2.67 bits per heavy atom. The molecule has 1 atom stereocenters. The molecule has 0 spiro atoms. The largest absolute Gasteiger partial charge is 0.383 e. The quantitative estimate of drug-likeness (QED) is 0.914. The summed E-state index contributed by atoms with van der Waals surface area (Å²) >= 11 is 6.27. The van der Waals surface area contributed by atoms with Crippen molar-refractivity contribution < 1.29 is 0 Å². The molecule has 0 amide bonds. The minimum Gasteiger partial charge on any atom is -0.383 e. The summed E-state index contributed by atoms with van der Waals surface area (Å²) in [4.78, 5) is 0. The van der Waals surface area contributed by atoms with Crippen LogP contribution < -0.4 is 5.73 Å². The number of nitrogen functional groups attached to an aromatic ring is 1. The lowest BCUT2D eigenvalue weighted by molar-refractivity contribution is 0.668. The van der Waals surface area contributed by atoms with E-state index in [0.29, 0.717) is 16.8 Å². The number of aryl methyl sites for hydroxylation is 1. The van der Waals surface area contributed by atoms with Crippen molar-refractivity contribution in [2.24, 2.45) is 7.05 Å². The Hall–Kier alpha value is -1.48. The van der Waals surface area contributed by atoms with Gasteiger partial charge in [0.2, 0.25) is 0 Å². The van der Waals surface area contributed by atoms with Gasteiger partial charge in [-0.3, -0.25) is 4.68 Å². The third kappa shape index (κ3) is 2.10. The Labute approximate surface area is 113 Å². The van der Waals surface area contributed by atoms with Gasteiger partial charge >= 0.3 is 0 Å². The van der Waals surface area contributed by atoms with Crippen LogP contribution in [0.1, 0.15) is 31.9 Å². The number of nitrogens with two attached hydrogens (primary N) is 1. The number of rotatable bonds is 3. The van der Waals surface area contributed by atoms with E-state index < -0.39 is 0 Å². The molecule has 0 bridgehead atoms. The van der Waals surface area contributed by atoms with Crippen LogP contribution in [0.4, 0.5) is 5.82 Å². The first-order valence-corrected chi connectivity index (χ1v) is 6.51. The lowest BCUT2D eigenvalue weighted by Gasteiger charge is -2.10. The van der Waals surface area contributed by atoms with Crippen molar-refractivity contribution in [3.63, 3.8) is 0 Å². The standard InChI is InChI=1S/C14H18ClN3/c1-4-9(2)13-12(14(16)18(3)17-13)10-7-5-6-8-11(10)15/h5-9H,4,16H2,1-3H3. The summed E-state index contributed by atoms with van der Waals surface area (Å²) in [6.07, 6.45) is 1.02. The first-order valence-electron chi connectivity index (χ1n) is 6.13. The number of benzene rings is 1. The zero-order valence-corrected chi connectivity index (χ0v) is 11.7. The van der Waals surface area contributed by atoms with Crippen LogP contribution >= 0.6 is 11.6 Å². The molecule has 96 valence electrons. The second kappa shape index (κ2) is 5.02. The highest BCUT2D eigenvalue weighted by Gasteiger charge is 2.20. The third-order valence-corrected chi connectivity index (χ3v) is 3.67. The summed E-state index contributed by atoms with van der Waals surface area (Å²) < 4.78 is 1.72. The van der Waals surface area contributed by atoms with Crippen molar-refractivity contribution in [3.05, 3.63) is 35.0 Å². The maximum Gasteiger partial charge on any atom is 0.129 e. The Kier molecular flexibility index (Phi) is 3.62. The number of halogens is 1. The molecule has 3 nitrogen and oxygen atoms in total. The molecular weight excluding hydrogens is 246 g/mol. The zero-order chi connectivity index (χ0) is 13.3. The van der Waals surface area contributed by atoms with Crippen LogP contribution in [-0.4, -0.2) is 9.78 Å². The lowest BCUT2D eigenvalue weighted by Crippen LogP contribution is -1.98. The molecule has 1 unspecified atom stereocenters. The summed E-state index contributed by atoms with van der Waals surface area (Å²) in [5.74, 6) is 1.03. The molecule has 0 fully saturated rings. The number of anilines is 1. The molecule has 0 aliphatic heterocycles. The van der Waals surface area contributed by atoms with Crippen LogP contribution in [0, 0.1) is 0 Å². The normalized spacial score (nSPS) is 12.7. The van der Waals surface area contributed by atoms with Crippen molar-refractivity contribution >= 4 is 17.4 Å². The van der Waals surface area contributed by atoms with E-state index in [0.717, 1.165) is 23.2 Å². The fourth-order valence-corrected chi connectivity index (χ4v) is 2.27. The van der Waals surface area contributed by atoms with Gasteiger partial charge in [-0.2, -0.15) is 5.10 Å². The van der Waals surface area contributed by atoms with Gasteiger partial charge in [-0.05, 0) is 12.5 Å². The van der Waals surface area contributed by atoms with Crippen LogP contribution in [0.15, 0.2) is 24.3 Å². The van der Waals surface area contributed by atoms with Gasteiger partial charge in [0, 0.05) is 29.1 Å². The fraction of sp³-hybridized carbons (Fsp3) is 0.357. The van der Waals surface area contributed by atoms with Crippen molar-refractivity contribution in [2.75, 3.05) is 5.73 Å². The molecule has 4 heteroatoms. The Morgan fingerprint density at radius 1 is 1.39 bits per heavy atom. The van der Waals surface area contributed by atoms with Gasteiger partial charge in [0.15, 0.2) is 0 Å². The van der Waals surface area contributed by atoms with Crippen LogP contribution in [0.2, 0.25) is 5.02 Å². The summed E-state index contributed by atoms with van der Waals surface area (Å²) in [6.45, 7) is 4.30. The molecule has 1 aromatic carbocycles. The van der Waals surface area contributed by atoms with Crippen molar-refractivity contribution in [1.29, 1.82) is 0 Å². The van der Waals surface area contributed by atoms with Crippen molar-refractivity contribution in [3.8, 4) is 11.1 Å². The van der Waals surface area contributed by atoms with Crippen LogP contribution in [0.25, 0.3) is 11.1 Å². The highest BCUT2D eigenvalue weighted by molar-refractivity contribution is 6.33. The molecule has 2 rings (SSSR count). The van der Waals surface area contributed by atoms with Crippen molar-refractivity contribution in [1.82, 2.24) is 9.78 Å². The van der Waals surface area contributed by atoms with Gasteiger partial charge in [-0.15, -0.1) is 0 Å². The van der Waals surface area contributed by atoms with E-state index in [1.807, 2.05) is 31.3 Å². The highest BCUT2D eigenvalue weighted by Crippen LogP contribution is 2.38. The van der Waals surface area contributed by atoms with Crippen LogP contribution in [0.5, 0.6) is 0 Å². The molecule has 0 aliphatic rings. The monoisotopic (exact) mass is 263 g/mol. The number of hydrogen-bond donors (Lipinski definition) is 1. The van der Waals surface area contributed by atoms with Gasteiger partial charge in [0.1, 0.15) is 5.82 Å². The fourth-order valence-electron chi connectivity index (χ4n) is 2.04. The predicted molar refractivity (Wildman–Crippen MR) is 76.8 cm³/mol. The van der Waals surface area contributed by atoms with Crippen LogP contribution in [0.3, 0.4) is 0 Å². The first kappa shape index (κ1) is 13.0. The zero-order valence-electron chi connectivity index (χ0n) is 10.9. The Balaban J connectivity index is 2.66. The van der Waals surface area contributed by atoms with E-state index in [-0.39, 0.29) is 0 Å². The van der Waals surface area contributed by atoms with Gasteiger partial charge in [-0.1, -0.05) is 43.6 Å². The minimum absolute atomic E-state index is 0.361. The molecule has 1 heterocycles. The van der Waals surface area contributed by atoms with E-state index in [2.05, 4.69) is 18.9 Å². The average Bonchev–Trinajstić information content (AvgIpc) is 2.66. The summed E-state index contributed by atoms with van der Waals surface area (Å²) in [5, 5.41) is 5.24. The van der Waals surface area contributed by atoms with Gasteiger partial charge < -0.3 is 5.73 Å². The van der Waals surface area contributed by atoms with E-state index >= 15 is 0 Å². The van der Waals surface area contributed by atoms with E-state index in [1.165, 1.54) is 0 Å². The van der Waals surface area contributed by atoms with Gasteiger partial charge in [0.25, 0.3) is 0 Å². The Bertz CT molecular complexity index is 560. The average molecular weight is 264 g/mol. The van der Waals surface area contributed by atoms with E-state index in [9.17, 15) is 0 Å². The molecule has 0 radical (unpaired) electrons. The molecular formula is C14H18ClN3. The third-order valence-electron chi connectivity index (χ3n) is 3.34. The molecule has 2 aromatic rings. The predicted octanol–water partition coefficient (Wildman–Crippen LogP) is 3.84. The molecule has 1 aromatic heterocycles. The topological polar surface area (TPSA) is 43.8 Å². The summed E-state index contributed by atoms with van der Waals surface area (Å²) in [7, 11) is 1.86. The maximum absolute atomic E-state index is 6.27. The van der Waals surface area contributed by atoms with E-state index in [4.69, 9.17) is 17.3 Å². The molecule has 2 N–H and O–H groups in total. The number of nitrogens with zero attached hydrogens (tertiary/aromatic N) is 2. The Morgan fingerprint density at radius 2 is 2.06 bits per heavy atom. The first-order chi connectivity index (χ1) is 8.56. The second-order valence-corrected chi connectivity index (χ2v) is 4.97. The molecule has 18 heavy (non-hydrogen) atoms. The highest BCUT2D eigenvalue weighted by atomic mass is 35.5. The smallest absolute Gasteiger partial charge is 0.129 e. The molecule has 0 aliphatic carbocycles. The molecule has 0 saturated carbocycles. The lowest BCUT2D eigenvalue weighted by atomic mass is 9.96. The van der Waals surface area contributed by atoms with E-state index in [1.54, 1.807) is 4.68 Å². The minimum atomic E-state index is 0.361.